The highest BCUT2D eigenvalue weighted by molar-refractivity contribution is 5.37. The van der Waals surface area contributed by atoms with E-state index in [-0.39, 0.29) is 0 Å². The first kappa shape index (κ1) is 12.9. The van der Waals surface area contributed by atoms with Crippen LogP contribution in [0.1, 0.15) is 38.3 Å². The van der Waals surface area contributed by atoms with Crippen LogP contribution in [0.5, 0.6) is 5.75 Å². The van der Waals surface area contributed by atoms with Crippen molar-refractivity contribution in [2.45, 2.75) is 44.8 Å². The fourth-order valence-electron chi connectivity index (χ4n) is 3.38. The van der Waals surface area contributed by atoms with E-state index < -0.39 is 0 Å². The first-order valence-electron chi connectivity index (χ1n) is 7.46. The molecular formula is C16H24N2O. The molecule has 0 spiro atoms. The van der Waals surface area contributed by atoms with Crippen molar-refractivity contribution in [3.63, 3.8) is 0 Å². The summed E-state index contributed by atoms with van der Waals surface area (Å²) in [6.07, 6.45) is 2.38. The lowest BCUT2D eigenvalue weighted by Crippen LogP contribution is -2.38. The average molecular weight is 260 g/mol. The van der Waals surface area contributed by atoms with Gasteiger partial charge in [0.2, 0.25) is 0 Å². The molecule has 2 heterocycles. The summed E-state index contributed by atoms with van der Waals surface area (Å²) in [7, 11) is 0. The van der Waals surface area contributed by atoms with Crippen LogP contribution in [-0.4, -0.2) is 36.7 Å². The minimum atomic E-state index is 0.545. The van der Waals surface area contributed by atoms with Crippen LogP contribution in [0.25, 0.3) is 0 Å². The molecular weight excluding hydrogens is 236 g/mol. The zero-order chi connectivity index (χ0) is 13.2. The molecule has 19 heavy (non-hydrogen) atoms. The number of ether oxygens (including phenoxy) is 1. The van der Waals surface area contributed by atoms with Gasteiger partial charge in [-0.1, -0.05) is 32.0 Å². The van der Waals surface area contributed by atoms with E-state index >= 15 is 0 Å². The average Bonchev–Trinajstić information content (AvgIpc) is 2.85. The Morgan fingerprint density at radius 3 is 2.95 bits per heavy atom. The molecule has 0 bridgehead atoms. The van der Waals surface area contributed by atoms with Gasteiger partial charge in [-0.15, -0.1) is 0 Å². The summed E-state index contributed by atoms with van der Waals surface area (Å²) in [5, 5.41) is 3.66. The molecule has 3 heteroatoms. The number of likely N-dealkylation sites (tertiary alicyclic amines) is 1. The van der Waals surface area contributed by atoms with Gasteiger partial charge in [0.25, 0.3) is 0 Å². The number of hydrogen-bond donors (Lipinski definition) is 1. The smallest absolute Gasteiger partial charge is 0.124 e. The summed E-state index contributed by atoms with van der Waals surface area (Å²) in [6.45, 7) is 7.67. The second-order valence-electron chi connectivity index (χ2n) is 5.99. The molecule has 2 atom stereocenters. The van der Waals surface area contributed by atoms with Crippen LogP contribution in [0.3, 0.4) is 0 Å². The Morgan fingerprint density at radius 2 is 2.11 bits per heavy atom. The van der Waals surface area contributed by atoms with Gasteiger partial charge in [-0.2, -0.15) is 0 Å². The summed E-state index contributed by atoms with van der Waals surface area (Å²) < 4.78 is 5.76. The predicted molar refractivity (Wildman–Crippen MR) is 77.5 cm³/mol. The Balaban J connectivity index is 1.71. The molecule has 1 aromatic rings. The summed E-state index contributed by atoms with van der Waals surface area (Å²) in [6, 6.07) is 10.3. The van der Waals surface area contributed by atoms with Crippen molar-refractivity contribution in [1.82, 2.24) is 10.2 Å². The van der Waals surface area contributed by atoms with Crippen molar-refractivity contribution < 1.29 is 4.74 Å². The van der Waals surface area contributed by atoms with Gasteiger partial charge in [-0.3, -0.25) is 4.90 Å². The molecule has 104 valence electrons. The van der Waals surface area contributed by atoms with E-state index in [9.17, 15) is 0 Å². The van der Waals surface area contributed by atoms with Crippen LogP contribution in [0.15, 0.2) is 24.3 Å². The minimum absolute atomic E-state index is 0.545. The van der Waals surface area contributed by atoms with Crippen molar-refractivity contribution in [3.05, 3.63) is 29.8 Å². The highest BCUT2D eigenvalue weighted by Gasteiger charge is 2.32. The zero-order valence-electron chi connectivity index (χ0n) is 11.9. The molecule has 0 radical (unpaired) electrons. The Bertz CT molecular complexity index is 433. The Hall–Kier alpha value is -1.06. The van der Waals surface area contributed by atoms with Gasteiger partial charge in [0.15, 0.2) is 0 Å². The number of nitrogens with one attached hydrogen (secondary N) is 1. The summed E-state index contributed by atoms with van der Waals surface area (Å²) in [5.74, 6) is 1.08. The maximum Gasteiger partial charge on any atom is 0.124 e. The Labute approximate surface area is 115 Å². The van der Waals surface area contributed by atoms with Crippen LogP contribution >= 0.6 is 0 Å². The quantitative estimate of drug-likeness (QED) is 0.904. The zero-order valence-corrected chi connectivity index (χ0v) is 11.9. The third-order valence-electron chi connectivity index (χ3n) is 4.16. The molecule has 0 aliphatic carbocycles. The van der Waals surface area contributed by atoms with E-state index in [4.69, 9.17) is 4.74 Å². The lowest BCUT2D eigenvalue weighted by Gasteiger charge is -2.33. The first-order valence-corrected chi connectivity index (χ1v) is 7.46. The molecule has 3 rings (SSSR count). The summed E-state index contributed by atoms with van der Waals surface area (Å²) >= 11 is 0. The molecule has 1 saturated heterocycles. The highest BCUT2D eigenvalue weighted by Crippen LogP contribution is 2.37. The molecule has 0 amide bonds. The van der Waals surface area contributed by atoms with Crippen molar-refractivity contribution in [1.29, 1.82) is 0 Å². The van der Waals surface area contributed by atoms with Gasteiger partial charge in [-0.05, 0) is 12.5 Å². The molecule has 0 saturated carbocycles. The van der Waals surface area contributed by atoms with E-state index in [1.54, 1.807) is 0 Å². The number of fused-ring (bicyclic) bond motifs is 1. The van der Waals surface area contributed by atoms with Gasteiger partial charge < -0.3 is 10.1 Å². The normalized spacial score (nSPS) is 27.3. The van der Waals surface area contributed by atoms with E-state index in [1.165, 1.54) is 18.5 Å². The van der Waals surface area contributed by atoms with E-state index in [0.29, 0.717) is 18.1 Å². The molecule has 1 aromatic carbocycles. The molecule has 2 unspecified atom stereocenters. The van der Waals surface area contributed by atoms with Crippen molar-refractivity contribution in [3.8, 4) is 5.75 Å². The lowest BCUT2D eigenvalue weighted by molar-refractivity contribution is 0.162. The predicted octanol–water partition coefficient (Wildman–Crippen LogP) is 2.58. The van der Waals surface area contributed by atoms with Crippen LogP contribution in [0.4, 0.5) is 0 Å². The maximum atomic E-state index is 5.76. The van der Waals surface area contributed by atoms with Crippen LogP contribution < -0.4 is 10.1 Å². The Morgan fingerprint density at radius 1 is 1.26 bits per heavy atom. The fraction of sp³-hybridized carbons (Fsp3) is 0.625. The number of rotatable bonds is 3. The van der Waals surface area contributed by atoms with Crippen molar-refractivity contribution in [2.75, 3.05) is 19.7 Å². The molecule has 1 fully saturated rings. The van der Waals surface area contributed by atoms with Crippen LogP contribution in [0, 0.1) is 0 Å². The van der Waals surface area contributed by atoms with Crippen LogP contribution in [-0.2, 0) is 0 Å². The molecule has 2 aliphatic heterocycles. The highest BCUT2D eigenvalue weighted by atomic mass is 16.5. The third-order valence-corrected chi connectivity index (χ3v) is 4.16. The molecule has 3 nitrogen and oxygen atoms in total. The first-order chi connectivity index (χ1) is 9.24. The van der Waals surface area contributed by atoms with Gasteiger partial charge >= 0.3 is 0 Å². The van der Waals surface area contributed by atoms with E-state index in [1.807, 2.05) is 0 Å². The standard InChI is InChI=1S/C16H24N2O/c1-12(2)17-13-7-9-18(11-13)15-8-10-19-16-6-4-3-5-14(15)16/h3-6,12-13,15,17H,7-11H2,1-2H3. The second-order valence-corrected chi connectivity index (χ2v) is 5.99. The number of para-hydroxylation sites is 1. The SMILES string of the molecule is CC(C)NC1CCN(C2CCOc3ccccc32)C1. The van der Waals surface area contributed by atoms with Gasteiger partial charge in [-0.25, -0.2) is 0 Å². The number of hydrogen-bond acceptors (Lipinski definition) is 3. The van der Waals surface area contributed by atoms with Gasteiger partial charge in [0.1, 0.15) is 5.75 Å². The van der Waals surface area contributed by atoms with Crippen molar-refractivity contribution >= 4 is 0 Å². The van der Waals surface area contributed by atoms with Crippen molar-refractivity contribution in [2.24, 2.45) is 0 Å². The number of benzene rings is 1. The van der Waals surface area contributed by atoms with E-state index in [2.05, 4.69) is 48.3 Å². The van der Waals surface area contributed by atoms with E-state index in [0.717, 1.165) is 25.3 Å². The van der Waals surface area contributed by atoms with Gasteiger partial charge in [0, 0.05) is 43.2 Å². The largest absolute Gasteiger partial charge is 0.493 e. The topological polar surface area (TPSA) is 24.5 Å². The number of nitrogens with zero attached hydrogens (tertiary/aromatic N) is 1. The van der Waals surface area contributed by atoms with Gasteiger partial charge in [0.05, 0.1) is 6.61 Å². The third kappa shape index (κ3) is 2.77. The second kappa shape index (κ2) is 5.51. The summed E-state index contributed by atoms with van der Waals surface area (Å²) in [5.41, 5.74) is 1.37. The Kier molecular flexibility index (Phi) is 3.76. The fourth-order valence-corrected chi connectivity index (χ4v) is 3.38. The maximum absolute atomic E-state index is 5.76. The molecule has 1 N–H and O–H groups in total. The molecule has 2 aliphatic rings. The lowest BCUT2D eigenvalue weighted by atomic mass is 9.99. The monoisotopic (exact) mass is 260 g/mol. The van der Waals surface area contributed by atoms with Crippen LogP contribution in [0.2, 0.25) is 0 Å². The summed E-state index contributed by atoms with van der Waals surface area (Å²) in [4.78, 5) is 2.63. The molecule has 0 aromatic heterocycles. The minimum Gasteiger partial charge on any atom is -0.493 e.